The Morgan fingerprint density at radius 2 is 1.68 bits per heavy atom. The third-order valence-corrected chi connectivity index (χ3v) is 3.10. The van der Waals surface area contributed by atoms with Crippen molar-refractivity contribution in [2.45, 2.75) is 13.5 Å². The summed E-state index contributed by atoms with van der Waals surface area (Å²) >= 11 is 0. The first-order valence-electron chi connectivity index (χ1n) is 6.32. The first-order valence-corrected chi connectivity index (χ1v) is 6.32. The van der Waals surface area contributed by atoms with E-state index in [0.717, 1.165) is 12.1 Å². The Balaban J connectivity index is 1.84. The number of nitrogens with zero attached hydrogens (tertiary/aromatic N) is 2. The fourth-order valence-electron chi connectivity index (χ4n) is 2.10. The molecule has 1 heterocycles. The van der Waals surface area contributed by atoms with Crippen LogP contribution in [0.4, 0.5) is 5.95 Å². The minimum absolute atomic E-state index is 0.665. The Morgan fingerprint density at radius 1 is 0.947 bits per heavy atom. The zero-order valence-corrected chi connectivity index (χ0v) is 10.8. The van der Waals surface area contributed by atoms with Crippen LogP contribution >= 0.6 is 0 Å². The first-order chi connectivity index (χ1) is 9.33. The van der Waals surface area contributed by atoms with Gasteiger partial charge >= 0.3 is 0 Å². The van der Waals surface area contributed by atoms with Gasteiger partial charge < -0.3 is 5.32 Å². The van der Waals surface area contributed by atoms with Crippen molar-refractivity contribution in [2.24, 2.45) is 0 Å². The summed E-state index contributed by atoms with van der Waals surface area (Å²) in [7, 11) is 0. The topological polar surface area (TPSA) is 37.8 Å². The molecule has 0 aliphatic rings. The van der Waals surface area contributed by atoms with E-state index in [2.05, 4.69) is 57.7 Å². The Bertz CT molecular complexity index is 684. The Hall–Kier alpha value is -2.42. The van der Waals surface area contributed by atoms with Gasteiger partial charge in [-0.2, -0.15) is 0 Å². The molecule has 0 radical (unpaired) electrons. The maximum atomic E-state index is 4.25. The Morgan fingerprint density at radius 3 is 2.53 bits per heavy atom. The fourth-order valence-corrected chi connectivity index (χ4v) is 2.10. The number of anilines is 1. The molecule has 0 spiro atoms. The minimum atomic E-state index is 0.665. The zero-order chi connectivity index (χ0) is 13.1. The van der Waals surface area contributed by atoms with Crippen LogP contribution in [-0.4, -0.2) is 9.97 Å². The highest BCUT2D eigenvalue weighted by atomic mass is 15.1. The van der Waals surface area contributed by atoms with Crippen molar-refractivity contribution in [1.29, 1.82) is 0 Å². The molecule has 3 aromatic rings. The van der Waals surface area contributed by atoms with E-state index in [-0.39, 0.29) is 0 Å². The number of aryl methyl sites for hydroxylation is 1. The number of aromatic nitrogens is 2. The van der Waals surface area contributed by atoms with E-state index >= 15 is 0 Å². The molecule has 19 heavy (non-hydrogen) atoms. The van der Waals surface area contributed by atoms with Gasteiger partial charge in [0.05, 0.1) is 0 Å². The SMILES string of the molecule is Cc1cnc(NCc2cccc3ccccc23)nc1. The summed E-state index contributed by atoms with van der Waals surface area (Å²) in [6, 6.07) is 14.7. The van der Waals surface area contributed by atoms with Gasteiger partial charge in [-0.05, 0) is 28.8 Å². The largest absolute Gasteiger partial charge is 0.350 e. The number of hydrogen-bond donors (Lipinski definition) is 1. The predicted molar refractivity (Wildman–Crippen MR) is 78.0 cm³/mol. The molecule has 1 N–H and O–H groups in total. The highest BCUT2D eigenvalue weighted by molar-refractivity contribution is 5.85. The van der Waals surface area contributed by atoms with E-state index in [1.807, 2.05) is 19.3 Å². The first kappa shape index (κ1) is 11.7. The lowest BCUT2D eigenvalue weighted by Crippen LogP contribution is -2.03. The molecule has 3 rings (SSSR count). The molecule has 0 aliphatic heterocycles. The molecule has 1 aromatic heterocycles. The summed E-state index contributed by atoms with van der Waals surface area (Å²) in [5, 5.41) is 5.78. The van der Waals surface area contributed by atoms with Crippen molar-refractivity contribution in [3.8, 4) is 0 Å². The summed E-state index contributed by atoms with van der Waals surface area (Å²) < 4.78 is 0. The number of hydrogen-bond acceptors (Lipinski definition) is 3. The van der Waals surface area contributed by atoms with Crippen LogP contribution in [0, 0.1) is 6.92 Å². The molecule has 2 aromatic carbocycles. The average molecular weight is 249 g/mol. The highest BCUT2D eigenvalue weighted by Crippen LogP contribution is 2.19. The highest BCUT2D eigenvalue weighted by Gasteiger charge is 2.01. The minimum Gasteiger partial charge on any atom is -0.350 e. The summed E-state index contributed by atoms with van der Waals surface area (Å²) in [6.07, 6.45) is 3.64. The molecule has 0 saturated carbocycles. The number of rotatable bonds is 3. The second-order valence-electron chi connectivity index (χ2n) is 4.58. The Kier molecular flexibility index (Phi) is 3.11. The third-order valence-electron chi connectivity index (χ3n) is 3.10. The van der Waals surface area contributed by atoms with Crippen LogP contribution in [0.3, 0.4) is 0 Å². The van der Waals surface area contributed by atoms with Crippen LogP contribution in [0.1, 0.15) is 11.1 Å². The van der Waals surface area contributed by atoms with Gasteiger partial charge in [0.25, 0.3) is 0 Å². The second kappa shape index (κ2) is 5.06. The van der Waals surface area contributed by atoms with Crippen molar-refractivity contribution in [1.82, 2.24) is 9.97 Å². The van der Waals surface area contributed by atoms with Gasteiger partial charge in [-0.1, -0.05) is 42.5 Å². The molecule has 94 valence electrons. The summed E-state index contributed by atoms with van der Waals surface area (Å²) in [6.45, 7) is 2.71. The molecule has 0 atom stereocenters. The van der Waals surface area contributed by atoms with Crippen LogP contribution in [0.5, 0.6) is 0 Å². The van der Waals surface area contributed by atoms with Crippen molar-refractivity contribution in [3.63, 3.8) is 0 Å². The maximum Gasteiger partial charge on any atom is 0.222 e. The van der Waals surface area contributed by atoms with Gasteiger partial charge in [0.15, 0.2) is 0 Å². The summed E-state index contributed by atoms with van der Waals surface area (Å²) in [5.41, 5.74) is 2.32. The quantitative estimate of drug-likeness (QED) is 0.771. The lowest BCUT2D eigenvalue weighted by molar-refractivity contribution is 1.05. The van der Waals surface area contributed by atoms with E-state index in [1.54, 1.807) is 0 Å². The normalized spacial score (nSPS) is 10.6. The van der Waals surface area contributed by atoms with Crippen molar-refractivity contribution < 1.29 is 0 Å². The molecule has 3 heteroatoms. The second-order valence-corrected chi connectivity index (χ2v) is 4.58. The van der Waals surface area contributed by atoms with E-state index in [0.29, 0.717) is 5.95 Å². The maximum absolute atomic E-state index is 4.25. The Labute approximate surface area is 112 Å². The molecule has 3 nitrogen and oxygen atoms in total. The predicted octanol–water partition coefficient (Wildman–Crippen LogP) is 3.55. The van der Waals surface area contributed by atoms with Gasteiger partial charge in [-0.15, -0.1) is 0 Å². The molecule has 0 fully saturated rings. The van der Waals surface area contributed by atoms with Crippen molar-refractivity contribution in [2.75, 3.05) is 5.32 Å². The monoisotopic (exact) mass is 249 g/mol. The van der Waals surface area contributed by atoms with Crippen molar-refractivity contribution in [3.05, 3.63) is 66.0 Å². The third kappa shape index (κ3) is 2.55. The van der Waals surface area contributed by atoms with E-state index in [9.17, 15) is 0 Å². The summed E-state index contributed by atoms with van der Waals surface area (Å²) in [5.74, 6) is 0.665. The van der Waals surface area contributed by atoms with Crippen LogP contribution in [0.2, 0.25) is 0 Å². The standard InChI is InChI=1S/C16H15N3/c1-12-9-17-16(18-10-12)19-11-14-7-4-6-13-5-2-3-8-15(13)14/h2-10H,11H2,1H3,(H,17,18,19). The van der Waals surface area contributed by atoms with Gasteiger partial charge in [-0.3, -0.25) is 0 Å². The molecule has 0 amide bonds. The van der Waals surface area contributed by atoms with Crippen LogP contribution < -0.4 is 5.32 Å². The summed E-state index contributed by atoms with van der Waals surface area (Å²) in [4.78, 5) is 8.50. The van der Waals surface area contributed by atoms with Crippen molar-refractivity contribution >= 4 is 16.7 Å². The number of fused-ring (bicyclic) bond motifs is 1. The van der Waals surface area contributed by atoms with Crippen LogP contribution in [0.15, 0.2) is 54.9 Å². The number of benzene rings is 2. The molecule has 0 saturated heterocycles. The van der Waals surface area contributed by atoms with Crippen LogP contribution in [0.25, 0.3) is 10.8 Å². The van der Waals surface area contributed by atoms with E-state index < -0.39 is 0 Å². The lowest BCUT2D eigenvalue weighted by Gasteiger charge is -2.08. The average Bonchev–Trinajstić information content (AvgIpc) is 2.47. The molecular formula is C16H15N3. The van der Waals surface area contributed by atoms with Gasteiger partial charge in [0.2, 0.25) is 5.95 Å². The van der Waals surface area contributed by atoms with E-state index in [1.165, 1.54) is 16.3 Å². The van der Waals surface area contributed by atoms with Gasteiger partial charge in [0.1, 0.15) is 0 Å². The van der Waals surface area contributed by atoms with E-state index in [4.69, 9.17) is 0 Å². The lowest BCUT2D eigenvalue weighted by atomic mass is 10.0. The molecule has 0 bridgehead atoms. The smallest absolute Gasteiger partial charge is 0.222 e. The van der Waals surface area contributed by atoms with Crippen LogP contribution in [-0.2, 0) is 6.54 Å². The molecular weight excluding hydrogens is 234 g/mol. The fraction of sp³-hybridized carbons (Fsp3) is 0.125. The van der Waals surface area contributed by atoms with Gasteiger partial charge in [-0.25, -0.2) is 9.97 Å². The van der Waals surface area contributed by atoms with Gasteiger partial charge in [0, 0.05) is 18.9 Å². The molecule has 0 unspecified atom stereocenters. The number of nitrogens with one attached hydrogen (secondary N) is 1. The molecule has 0 aliphatic carbocycles. The zero-order valence-electron chi connectivity index (χ0n) is 10.8.